The number of ether oxygens (including phenoxy) is 1. The van der Waals surface area contributed by atoms with Gasteiger partial charge in [0.15, 0.2) is 6.26 Å². The highest BCUT2D eigenvalue weighted by Gasteiger charge is 2.14. The second kappa shape index (κ2) is 1.69. The van der Waals surface area contributed by atoms with E-state index in [0.717, 1.165) is 13.0 Å². The fourth-order valence-corrected chi connectivity index (χ4v) is 0.323. The molecule has 1 aliphatic rings. The summed E-state index contributed by atoms with van der Waals surface area (Å²) in [6.07, 6.45) is 1.03. The molecule has 0 aromatic heterocycles. The van der Waals surface area contributed by atoms with Crippen LogP contribution in [0.15, 0.2) is 12.1 Å². The topological polar surface area (TPSA) is 64.4 Å². The van der Waals surface area contributed by atoms with Gasteiger partial charge in [-0.15, -0.1) is 0 Å². The first-order chi connectivity index (χ1) is 3.80. The van der Waals surface area contributed by atoms with Crippen LogP contribution >= 0.6 is 0 Å². The lowest BCUT2D eigenvalue weighted by Gasteiger charge is -1.88. The van der Waals surface area contributed by atoms with Gasteiger partial charge in [-0.25, -0.2) is 5.32 Å². The Morgan fingerprint density at radius 1 is 1.88 bits per heavy atom. The van der Waals surface area contributed by atoms with Crippen molar-refractivity contribution in [3.05, 3.63) is 28.9 Å². The van der Waals surface area contributed by atoms with Crippen LogP contribution in [-0.4, -0.2) is 4.92 Å². The highest BCUT2D eigenvalue weighted by Crippen LogP contribution is 1.99. The molecule has 1 rings (SSSR count). The van der Waals surface area contributed by atoms with Crippen LogP contribution in [-0.2, 0) is 4.74 Å². The van der Waals surface area contributed by atoms with Crippen LogP contribution in [0, 0.1) is 16.8 Å². The second-order valence-corrected chi connectivity index (χ2v) is 1.16. The largest absolute Gasteiger partial charge is 0.444 e. The van der Waals surface area contributed by atoms with E-state index in [2.05, 4.69) is 10.1 Å². The molecule has 0 atom stereocenters. The summed E-state index contributed by atoms with van der Waals surface area (Å²) < 4.78 is 4.38. The summed E-state index contributed by atoms with van der Waals surface area (Å²) >= 11 is 0. The zero-order valence-corrected chi connectivity index (χ0v) is 3.83. The highest BCUT2D eigenvalue weighted by atomic mass is 16.6. The van der Waals surface area contributed by atoms with E-state index in [0.29, 0.717) is 0 Å². The number of nitro groups is 1. The summed E-state index contributed by atoms with van der Waals surface area (Å²) in [6.45, 7) is 1.14. The monoisotopic (exact) mass is 115 g/mol. The standard InChI is InChI=1S/C3H3N2O3/c6-5(7)3-1-8-2-4-3/h1-2,4H. The molecule has 0 saturated heterocycles. The van der Waals surface area contributed by atoms with Crippen LogP contribution in [0.25, 0.3) is 0 Å². The van der Waals surface area contributed by atoms with Gasteiger partial charge in [-0.3, -0.25) is 0 Å². The normalized spacial score (nSPS) is 16.2. The Balaban J connectivity index is 2.57. The van der Waals surface area contributed by atoms with Gasteiger partial charge in [0.2, 0.25) is 0 Å². The third-order valence-electron chi connectivity index (χ3n) is 0.651. The number of nitrogens with one attached hydrogen (secondary N) is 1. The molecule has 0 aromatic rings. The van der Waals surface area contributed by atoms with Gasteiger partial charge >= 0.3 is 12.6 Å². The van der Waals surface area contributed by atoms with E-state index >= 15 is 0 Å². The van der Waals surface area contributed by atoms with E-state index in [1.165, 1.54) is 0 Å². The third kappa shape index (κ3) is 0.699. The summed E-state index contributed by atoms with van der Waals surface area (Å²) in [6, 6.07) is 0. The van der Waals surface area contributed by atoms with E-state index in [-0.39, 0.29) is 5.82 Å². The first kappa shape index (κ1) is 4.89. The van der Waals surface area contributed by atoms with Crippen molar-refractivity contribution in [2.45, 2.75) is 0 Å². The molecule has 5 heteroatoms. The van der Waals surface area contributed by atoms with E-state index < -0.39 is 4.92 Å². The predicted octanol–water partition coefficient (Wildman–Crippen LogP) is -0.199. The SMILES string of the molecule is O=[N+]([O-])C1=CO[CH]N1. The van der Waals surface area contributed by atoms with Crippen molar-refractivity contribution in [2.24, 2.45) is 0 Å². The zero-order valence-electron chi connectivity index (χ0n) is 3.83. The van der Waals surface area contributed by atoms with Gasteiger partial charge in [0, 0.05) is 0 Å². The van der Waals surface area contributed by atoms with E-state index in [4.69, 9.17) is 0 Å². The number of hydrogen-bond donors (Lipinski definition) is 1. The smallest absolute Gasteiger partial charge is 0.354 e. The molecule has 5 nitrogen and oxygen atoms in total. The first-order valence-corrected chi connectivity index (χ1v) is 1.89. The first-order valence-electron chi connectivity index (χ1n) is 1.89. The highest BCUT2D eigenvalue weighted by molar-refractivity contribution is 4.90. The summed E-state index contributed by atoms with van der Waals surface area (Å²) in [5.41, 5.74) is 0. The fraction of sp³-hybridized carbons (Fsp3) is 0. The van der Waals surface area contributed by atoms with Gasteiger partial charge in [-0.1, -0.05) is 0 Å². The van der Waals surface area contributed by atoms with E-state index in [1.54, 1.807) is 0 Å². The van der Waals surface area contributed by atoms with Crippen LogP contribution < -0.4 is 5.32 Å². The van der Waals surface area contributed by atoms with E-state index in [1.807, 2.05) is 0 Å². The lowest BCUT2D eigenvalue weighted by Crippen LogP contribution is -2.10. The maximum absolute atomic E-state index is 9.78. The molecule has 0 spiro atoms. The molecule has 0 aromatic carbocycles. The molecule has 1 aliphatic heterocycles. The molecule has 0 unspecified atom stereocenters. The molecule has 0 bridgehead atoms. The Labute approximate surface area is 45.1 Å². The molecule has 0 fully saturated rings. The lowest BCUT2D eigenvalue weighted by molar-refractivity contribution is -0.430. The minimum atomic E-state index is -0.566. The van der Waals surface area contributed by atoms with Crippen molar-refractivity contribution in [1.29, 1.82) is 0 Å². The molecule has 1 heterocycles. The summed E-state index contributed by atoms with van der Waals surface area (Å²) in [4.78, 5) is 9.21. The van der Waals surface area contributed by atoms with Crippen molar-refractivity contribution >= 4 is 0 Å². The van der Waals surface area contributed by atoms with Crippen LogP contribution in [0.4, 0.5) is 0 Å². The molecular weight excluding hydrogens is 112 g/mol. The van der Waals surface area contributed by atoms with Crippen molar-refractivity contribution < 1.29 is 9.66 Å². The number of rotatable bonds is 1. The van der Waals surface area contributed by atoms with Crippen LogP contribution in [0.5, 0.6) is 0 Å². The second-order valence-electron chi connectivity index (χ2n) is 1.16. The molecular formula is C3H3N2O3. The average molecular weight is 115 g/mol. The Morgan fingerprint density at radius 2 is 2.62 bits per heavy atom. The Morgan fingerprint density at radius 3 is 2.88 bits per heavy atom. The van der Waals surface area contributed by atoms with Crippen molar-refractivity contribution in [2.75, 3.05) is 0 Å². The van der Waals surface area contributed by atoms with Crippen molar-refractivity contribution in [3.8, 4) is 0 Å². The predicted molar refractivity (Wildman–Crippen MR) is 23.6 cm³/mol. The summed E-state index contributed by atoms with van der Waals surface area (Å²) in [5, 5.41) is 12.0. The minimum absolute atomic E-state index is 0.134. The van der Waals surface area contributed by atoms with E-state index in [9.17, 15) is 10.1 Å². The third-order valence-corrected chi connectivity index (χ3v) is 0.651. The fourth-order valence-electron chi connectivity index (χ4n) is 0.323. The Bertz CT molecular complexity index is 141. The molecule has 1 radical (unpaired) electrons. The minimum Gasteiger partial charge on any atom is -0.444 e. The van der Waals surface area contributed by atoms with Gasteiger partial charge in [0.25, 0.3) is 0 Å². The quantitative estimate of drug-likeness (QED) is 0.379. The number of nitrogens with zero attached hydrogens (tertiary/aromatic N) is 1. The maximum atomic E-state index is 9.78. The lowest BCUT2D eigenvalue weighted by atomic mass is 10.8. The average Bonchev–Trinajstić information content (AvgIpc) is 2.12. The van der Waals surface area contributed by atoms with Gasteiger partial charge in [0.1, 0.15) is 0 Å². The molecule has 0 saturated carbocycles. The molecule has 1 N–H and O–H groups in total. The molecule has 8 heavy (non-hydrogen) atoms. The summed E-state index contributed by atoms with van der Waals surface area (Å²) in [5.74, 6) is -0.134. The number of hydrogen-bond acceptors (Lipinski definition) is 4. The zero-order chi connectivity index (χ0) is 5.98. The van der Waals surface area contributed by atoms with Crippen LogP contribution in [0.2, 0.25) is 0 Å². The van der Waals surface area contributed by atoms with Crippen LogP contribution in [0.3, 0.4) is 0 Å². The molecule has 43 valence electrons. The molecule has 0 amide bonds. The Hall–Kier alpha value is -1.26. The van der Waals surface area contributed by atoms with Gasteiger partial charge in [-0.2, -0.15) is 0 Å². The van der Waals surface area contributed by atoms with Gasteiger partial charge in [0.05, 0.1) is 0 Å². The van der Waals surface area contributed by atoms with Crippen molar-refractivity contribution in [3.63, 3.8) is 0 Å². The van der Waals surface area contributed by atoms with Gasteiger partial charge in [-0.05, 0) is 4.92 Å². The Kier molecular flexibility index (Phi) is 1.03. The summed E-state index contributed by atoms with van der Waals surface area (Å²) in [7, 11) is 0. The van der Waals surface area contributed by atoms with Crippen LogP contribution in [0.1, 0.15) is 0 Å². The molecule has 0 aliphatic carbocycles. The maximum Gasteiger partial charge on any atom is 0.354 e. The van der Waals surface area contributed by atoms with Crippen molar-refractivity contribution in [1.82, 2.24) is 5.32 Å². The van der Waals surface area contributed by atoms with Gasteiger partial charge < -0.3 is 14.9 Å².